The number of alkyl halides is 4. The molecule has 12 heterocycles. The summed E-state index contributed by atoms with van der Waals surface area (Å²) in [5.41, 5.74) is 4.74. The molecule has 0 N–H and O–H groups in total. The number of hydrogen-bond donors (Lipinski definition) is 0. The standard InChI is InChI=1S/C35H43ClFN7O3.C34H38ClF2N7O2.C33H36ClF2N7O2/c1-35(37)19-26(41(2)23-35)22-47-34-39-29-21-42(30-10-5-8-24-7-4-9-28(36)32(24)30)15-13-27(29)33(40-34)43-16-17-44(25(20-43)12-14-38)31(45)11-6-18-46-3;1-34(37)18-25(41(2)22-34)21-46-33-39-28-20-42(29-9-4-7-23-6-3-8-27(35)31(23)29)15-12-26(28)32(40-33)43-16-17-44(24(19-43)11-14-38)30(45)10-5-13-36;1-21(35)31(44)43-15-14-42(17-23(43)10-12-37)30-25-11-13-41(28-9-5-7-22-6-4-8-26(34)29(22)28)18-27(25)38-32(39-30)45-19-24-16-33(2,36)20-40(24)3/h4-5,7-10,25-26H,6,11-13,15-23H2,1-3H3;3-10,24-25H,11-13,15-22H2,1-2H3;4-9,23-24H,1,10-11,13-20H2,2-3H3/b;10-5+;/t25-,26-,35?;24-,25-,34?;23-,24-,33?/m000/s1. The van der Waals surface area contributed by atoms with E-state index in [1.54, 1.807) is 32.8 Å². The number of benzene rings is 6. The summed E-state index contributed by atoms with van der Waals surface area (Å²) in [4.78, 5) is 91.7. The van der Waals surface area contributed by atoms with Crippen molar-refractivity contribution < 1.29 is 55.3 Å². The number of hydrogen-bond acceptors (Lipinski definition) is 25. The van der Waals surface area contributed by atoms with Crippen molar-refractivity contribution in [3.05, 3.63) is 183 Å². The summed E-state index contributed by atoms with van der Waals surface area (Å²) >= 11 is 20.1. The Kier molecular flexibility index (Phi) is 31.2. The zero-order chi connectivity index (χ0) is 97.4. The number of ether oxygens (including phenoxy) is 4. The Morgan fingerprint density at radius 2 is 0.804 bits per heavy atom. The molecule has 9 aliphatic rings. The first-order chi connectivity index (χ1) is 66.4. The Hall–Kier alpha value is -11.7. The Balaban J connectivity index is 0.000000150. The van der Waals surface area contributed by atoms with Crippen LogP contribution in [0.4, 0.5) is 56.5 Å². The van der Waals surface area contributed by atoms with Gasteiger partial charge in [0.05, 0.1) is 107 Å². The van der Waals surface area contributed by atoms with E-state index in [-0.39, 0.29) is 99.6 Å². The van der Waals surface area contributed by atoms with Crippen LogP contribution in [0.1, 0.15) is 106 Å². The number of methoxy groups -OCH3 is 1. The molecule has 36 heteroatoms. The molecule has 0 spiro atoms. The molecule has 0 bridgehead atoms. The third-order valence-electron chi connectivity index (χ3n) is 27.9. The van der Waals surface area contributed by atoms with Crippen molar-refractivity contribution in [1.29, 1.82) is 15.8 Å². The third kappa shape index (κ3) is 22.6. The molecule has 9 atom stereocenters. The molecule has 9 aromatic rings. The van der Waals surface area contributed by atoms with E-state index in [9.17, 15) is 52.1 Å². The zero-order valence-corrected chi connectivity index (χ0v) is 81.3. The van der Waals surface area contributed by atoms with Crippen molar-refractivity contribution >= 4 is 119 Å². The van der Waals surface area contributed by atoms with Crippen LogP contribution in [-0.2, 0) is 58.0 Å². The number of nitriles is 3. The predicted octanol–water partition coefficient (Wildman–Crippen LogP) is 15.2. The van der Waals surface area contributed by atoms with E-state index in [0.717, 1.165) is 101 Å². The molecule has 0 saturated carbocycles. The fourth-order valence-electron chi connectivity index (χ4n) is 21.3. The van der Waals surface area contributed by atoms with Gasteiger partial charge in [0.1, 0.15) is 61.0 Å². The number of carbonyl (C=O) groups is 3. The second kappa shape index (κ2) is 43.3. The molecule has 0 radical (unpaired) electrons. The van der Waals surface area contributed by atoms with Crippen LogP contribution in [0.25, 0.3) is 32.3 Å². The van der Waals surface area contributed by atoms with Gasteiger partial charge in [-0.3, -0.25) is 29.1 Å². The van der Waals surface area contributed by atoms with Crippen LogP contribution in [0, 0.1) is 34.0 Å². The van der Waals surface area contributed by atoms with Gasteiger partial charge in [-0.15, -0.1) is 0 Å². The molecule has 6 saturated heterocycles. The highest BCUT2D eigenvalue weighted by atomic mass is 35.5. The van der Waals surface area contributed by atoms with Gasteiger partial charge in [-0.25, -0.2) is 22.0 Å². The third-order valence-corrected chi connectivity index (χ3v) is 28.8. The Bertz CT molecular complexity index is 6150. The number of amides is 3. The van der Waals surface area contributed by atoms with E-state index in [0.29, 0.717) is 184 Å². The summed E-state index contributed by atoms with van der Waals surface area (Å²) in [6.45, 7) is 16.9. The summed E-state index contributed by atoms with van der Waals surface area (Å²) in [6.07, 6.45) is 6.95. The molecule has 0 aliphatic carbocycles. The van der Waals surface area contributed by atoms with Crippen LogP contribution >= 0.6 is 34.8 Å². The van der Waals surface area contributed by atoms with E-state index in [2.05, 4.69) is 79.6 Å². The number of halogens is 8. The number of rotatable bonds is 25. The SMILES string of the molecule is C=C(F)C(=O)N1CCN(c2nc(OC[C@@H]3CC(C)(F)CN3C)nc3c2CCN(c2cccc4cccc(Cl)c24)C3)C[C@@H]1CC#N.CN1CC(C)(F)C[C@H]1COc1nc2c(c(N3CCN(C(=O)/C=C/CF)[C@@H](CC#N)C3)n1)CCN(c1cccc3cccc(Cl)c13)C2.COCCCC(=O)N1CCN(c2nc(OC[C@@H]3CC(C)(F)CN3C)nc3c2CCN(c2cccc4cccc(Cl)c24)C3)C[C@@H]1CC#N. The fraction of sp³-hybridized carbons (Fsp3) is 0.490. The summed E-state index contributed by atoms with van der Waals surface area (Å²) in [6, 6.07) is 41.9. The number of allylic oxidation sites excluding steroid dienone is 1. The second-order valence-corrected chi connectivity index (χ2v) is 39.4. The first-order valence-corrected chi connectivity index (χ1v) is 48.4. The van der Waals surface area contributed by atoms with E-state index in [1.165, 1.54) is 17.1 Å². The predicted molar refractivity (Wildman–Crippen MR) is 526 cm³/mol. The van der Waals surface area contributed by atoms with E-state index < -0.39 is 47.5 Å². The quantitative estimate of drug-likeness (QED) is 0.0292. The van der Waals surface area contributed by atoms with Crippen LogP contribution in [-0.4, -0.2) is 290 Å². The molecule has 6 aromatic carbocycles. The van der Waals surface area contributed by atoms with Crippen LogP contribution in [0.3, 0.4) is 0 Å². The number of anilines is 6. The molecule has 3 aromatic heterocycles. The van der Waals surface area contributed by atoms with Gasteiger partial charge in [0, 0.05) is 212 Å². The number of likely N-dealkylation sites (tertiary alicyclic amines) is 3. The Labute approximate surface area is 817 Å². The van der Waals surface area contributed by atoms with Gasteiger partial charge in [-0.1, -0.05) is 114 Å². The first kappa shape index (κ1) is 99.3. The van der Waals surface area contributed by atoms with Gasteiger partial charge >= 0.3 is 18.0 Å². The molecule has 728 valence electrons. The molecule has 3 unspecified atom stereocenters. The summed E-state index contributed by atoms with van der Waals surface area (Å²) in [5.74, 6) is 0.0711. The number of aromatic nitrogens is 6. The van der Waals surface area contributed by atoms with Gasteiger partial charge in [0.25, 0.3) is 5.91 Å². The number of nitrogens with zero attached hydrogens (tertiary/aromatic N) is 21. The van der Waals surface area contributed by atoms with Crippen LogP contribution in [0.2, 0.25) is 15.1 Å². The number of carbonyl (C=O) groups excluding carboxylic acids is 3. The van der Waals surface area contributed by atoms with E-state index in [1.807, 2.05) is 125 Å². The molecule has 3 amide bonds. The molecular weight excluding hydrogens is 1830 g/mol. The summed E-state index contributed by atoms with van der Waals surface area (Å²) in [7, 11) is 7.32. The average Bonchev–Trinajstić information content (AvgIpc) is 1.70. The molecule has 138 heavy (non-hydrogen) atoms. The van der Waals surface area contributed by atoms with E-state index >= 15 is 0 Å². The summed E-state index contributed by atoms with van der Waals surface area (Å²) < 4.78 is 94.5. The van der Waals surface area contributed by atoms with Crippen LogP contribution in [0.5, 0.6) is 18.0 Å². The van der Waals surface area contributed by atoms with Crippen molar-refractivity contribution in [2.24, 2.45) is 0 Å². The van der Waals surface area contributed by atoms with E-state index in [4.69, 9.17) is 83.7 Å². The largest absolute Gasteiger partial charge is 0.462 e. The molecular formula is C102H117Cl3F5N21O7. The van der Waals surface area contributed by atoms with Gasteiger partial charge in [0.15, 0.2) is 5.83 Å². The van der Waals surface area contributed by atoms with Crippen molar-refractivity contribution in [3.8, 4) is 36.2 Å². The second-order valence-electron chi connectivity index (χ2n) is 38.2. The first-order valence-electron chi connectivity index (χ1n) is 47.2. The molecule has 9 aliphatic heterocycles. The summed E-state index contributed by atoms with van der Waals surface area (Å²) in [5, 5.41) is 37.0. The molecule has 18 rings (SSSR count). The van der Waals surface area contributed by atoms with Crippen LogP contribution in [0.15, 0.2) is 134 Å². The highest BCUT2D eigenvalue weighted by Crippen LogP contribution is 2.44. The van der Waals surface area contributed by atoms with Gasteiger partial charge in [-0.05, 0) is 126 Å². The lowest BCUT2D eigenvalue weighted by atomic mass is 10.0. The molecule has 6 fully saturated rings. The Morgan fingerprint density at radius 1 is 0.471 bits per heavy atom. The van der Waals surface area contributed by atoms with Crippen molar-refractivity contribution in [1.82, 2.24) is 59.3 Å². The number of piperazine rings is 3. The monoisotopic (exact) mass is 1950 g/mol. The minimum absolute atomic E-state index is 0.0395. The lowest BCUT2D eigenvalue weighted by Gasteiger charge is -2.42. The number of likely N-dealkylation sites (N-methyl/N-ethyl adjacent to an activating group) is 3. The van der Waals surface area contributed by atoms with Gasteiger partial charge < -0.3 is 63.0 Å². The highest BCUT2D eigenvalue weighted by Gasteiger charge is 2.45. The minimum atomic E-state index is -1.29. The average molecular weight is 1950 g/mol. The van der Waals surface area contributed by atoms with Crippen LogP contribution < -0.4 is 43.6 Å². The maximum absolute atomic E-state index is 14.8. The highest BCUT2D eigenvalue weighted by molar-refractivity contribution is 6.37. The topological polar surface area (TPSA) is 276 Å². The lowest BCUT2D eigenvalue weighted by Crippen LogP contribution is -2.55. The van der Waals surface area contributed by atoms with Crippen molar-refractivity contribution in [3.63, 3.8) is 0 Å². The number of fused-ring (bicyclic) bond motifs is 6. The minimum Gasteiger partial charge on any atom is -0.462 e. The zero-order valence-electron chi connectivity index (χ0n) is 79.0. The Morgan fingerprint density at radius 3 is 1.13 bits per heavy atom. The molecule has 28 nitrogen and oxygen atoms in total. The fourth-order valence-corrected chi connectivity index (χ4v) is 22.1. The van der Waals surface area contributed by atoms with Gasteiger partial charge in [0.2, 0.25) is 11.8 Å². The normalized spacial score (nSPS) is 23.5. The van der Waals surface area contributed by atoms with Gasteiger partial charge in [-0.2, -0.15) is 45.7 Å². The lowest BCUT2D eigenvalue weighted by molar-refractivity contribution is -0.134. The van der Waals surface area contributed by atoms with Crippen molar-refractivity contribution in [2.75, 3.05) is 189 Å². The maximum Gasteiger partial charge on any atom is 0.318 e. The maximum atomic E-state index is 14.8. The van der Waals surface area contributed by atoms with Crippen molar-refractivity contribution in [2.45, 2.75) is 164 Å². The smallest absolute Gasteiger partial charge is 0.318 e.